The van der Waals surface area contributed by atoms with Crippen LogP contribution in [-0.4, -0.2) is 59.6 Å². The SMILES string of the molecule is C=C1C(=O)[C@@]23C(=O)[C@@H](O)[C@@H]4C(C)(C)[C@H]5OC[C@]4(C(=O)/C5=C/OC)[C@@H]2CC[C@@H]1[C@H]3O. The van der Waals surface area contributed by atoms with E-state index in [0.717, 1.165) is 0 Å². The first-order valence-corrected chi connectivity index (χ1v) is 10.1. The Labute approximate surface area is 168 Å². The summed E-state index contributed by atoms with van der Waals surface area (Å²) in [7, 11) is 1.45. The molecule has 29 heavy (non-hydrogen) atoms. The van der Waals surface area contributed by atoms with Crippen molar-refractivity contribution in [2.45, 2.75) is 45.0 Å². The molecule has 0 aromatic rings. The number of methoxy groups -OCH3 is 1. The molecule has 4 bridgehead atoms. The van der Waals surface area contributed by atoms with Crippen molar-refractivity contribution >= 4 is 17.3 Å². The third kappa shape index (κ3) is 1.72. The fourth-order valence-electron chi connectivity index (χ4n) is 7.68. The first-order valence-electron chi connectivity index (χ1n) is 10.1. The summed E-state index contributed by atoms with van der Waals surface area (Å²) in [5.41, 5.74) is -3.26. The van der Waals surface area contributed by atoms with Crippen molar-refractivity contribution in [3.8, 4) is 0 Å². The van der Waals surface area contributed by atoms with Crippen LogP contribution in [0.4, 0.5) is 0 Å². The number of ketones is 3. The second-order valence-electron chi connectivity index (χ2n) is 9.88. The zero-order valence-electron chi connectivity index (χ0n) is 16.8. The van der Waals surface area contributed by atoms with Crippen LogP contribution >= 0.6 is 0 Å². The molecule has 4 saturated carbocycles. The van der Waals surface area contributed by atoms with Gasteiger partial charge in [-0.25, -0.2) is 0 Å². The Morgan fingerprint density at radius 3 is 2.52 bits per heavy atom. The van der Waals surface area contributed by atoms with Crippen LogP contribution in [0.15, 0.2) is 24.0 Å². The van der Waals surface area contributed by atoms with Crippen molar-refractivity contribution in [1.82, 2.24) is 0 Å². The minimum atomic E-state index is -1.83. The van der Waals surface area contributed by atoms with Gasteiger partial charge in [-0.05, 0) is 24.3 Å². The molecule has 6 fully saturated rings. The lowest BCUT2D eigenvalue weighted by atomic mass is 9.37. The summed E-state index contributed by atoms with van der Waals surface area (Å²) in [5.74, 6) is -3.40. The number of aliphatic hydroxyl groups is 2. The molecule has 2 heterocycles. The highest BCUT2D eigenvalue weighted by atomic mass is 16.5. The number of carbonyl (C=O) groups is 3. The number of hydrogen-bond donors (Lipinski definition) is 2. The zero-order chi connectivity index (χ0) is 21.1. The quantitative estimate of drug-likeness (QED) is 0.375. The molecule has 2 N–H and O–H groups in total. The van der Waals surface area contributed by atoms with Crippen molar-refractivity contribution in [2.24, 2.45) is 34.0 Å². The summed E-state index contributed by atoms with van der Waals surface area (Å²) in [6.07, 6.45) is -1.17. The lowest BCUT2D eigenvalue weighted by molar-refractivity contribution is -0.263. The maximum absolute atomic E-state index is 13.8. The van der Waals surface area contributed by atoms with E-state index in [2.05, 4.69) is 6.58 Å². The van der Waals surface area contributed by atoms with Crippen LogP contribution in [0.3, 0.4) is 0 Å². The molecular weight excluding hydrogens is 376 g/mol. The number of Topliss-reactive ketones (excluding diaryl/α,β-unsaturated/α-hetero) is 3. The van der Waals surface area contributed by atoms with Gasteiger partial charge in [-0.15, -0.1) is 0 Å². The van der Waals surface area contributed by atoms with Crippen molar-refractivity contribution in [2.75, 3.05) is 13.7 Å². The fraction of sp³-hybridized carbons (Fsp3) is 0.682. The van der Waals surface area contributed by atoms with Crippen LogP contribution in [0.25, 0.3) is 0 Å². The Morgan fingerprint density at radius 2 is 1.86 bits per heavy atom. The molecule has 2 spiro atoms. The van der Waals surface area contributed by atoms with E-state index in [-0.39, 0.29) is 18.0 Å². The van der Waals surface area contributed by atoms with E-state index in [1.54, 1.807) is 0 Å². The van der Waals surface area contributed by atoms with Crippen LogP contribution in [0.1, 0.15) is 26.7 Å². The predicted octanol–water partition coefficient (Wildman–Crippen LogP) is 0.583. The summed E-state index contributed by atoms with van der Waals surface area (Å²) in [6, 6.07) is 0. The number of carbonyl (C=O) groups excluding carboxylic acids is 3. The average Bonchev–Trinajstić information content (AvgIpc) is 2.77. The molecule has 2 aliphatic heterocycles. The Morgan fingerprint density at radius 1 is 1.17 bits per heavy atom. The molecule has 7 nitrogen and oxygen atoms in total. The largest absolute Gasteiger partial charge is 0.504 e. The van der Waals surface area contributed by atoms with Gasteiger partial charge in [0.25, 0.3) is 0 Å². The Balaban J connectivity index is 1.81. The molecule has 4 aliphatic carbocycles. The van der Waals surface area contributed by atoms with Crippen LogP contribution < -0.4 is 0 Å². The van der Waals surface area contributed by atoms with E-state index in [4.69, 9.17) is 9.47 Å². The van der Waals surface area contributed by atoms with Crippen molar-refractivity contribution in [3.63, 3.8) is 0 Å². The number of hydrogen-bond acceptors (Lipinski definition) is 7. The number of fused-ring (bicyclic) bond motifs is 3. The van der Waals surface area contributed by atoms with Gasteiger partial charge in [0.15, 0.2) is 17.3 Å². The highest BCUT2D eigenvalue weighted by Gasteiger charge is 2.82. The molecule has 156 valence electrons. The van der Waals surface area contributed by atoms with Crippen molar-refractivity contribution in [3.05, 3.63) is 24.0 Å². The van der Waals surface area contributed by atoms with E-state index in [1.165, 1.54) is 13.4 Å². The summed E-state index contributed by atoms with van der Waals surface area (Å²) in [4.78, 5) is 40.7. The fourth-order valence-corrected chi connectivity index (χ4v) is 7.68. The van der Waals surface area contributed by atoms with E-state index < -0.39 is 63.9 Å². The molecule has 6 aliphatic rings. The molecule has 8 atom stereocenters. The van der Waals surface area contributed by atoms with Gasteiger partial charge in [0.2, 0.25) is 0 Å². The molecular formula is C22H26O7. The topological polar surface area (TPSA) is 110 Å². The van der Waals surface area contributed by atoms with Gasteiger partial charge < -0.3 is 19.7 Å². The Kier molecular flexibility index (Phi) is 3.60. The number of aliphatic hydroxyl groups excluding tert-OH is 2. The van der Waals surface area contributed by atoms with E-state index in [0.29, 0.717) is 18.4 Å². The second kappa shape index (κ2) is 5.45. The summed E-state index contributed by atoms with van der Waals surface area (Å²) >= 11 is 0. The van der Waals surface area contributed by atoms with Gasteiger partial charge in [-0.3, -0.25) is 14.4 Å². The van der Waals surface area contributed by atoms with Crippen LogP contribution in [-0.2, 0) is 23.9 Å². The first kappa shape index (κ1) is 19.2. The molecule has 0 unspecified atom stereocenters. The maximum Gasteiger partial charge on any atom is 0.178 e. The average molecular weight is 402 g/mol. The minimum absolute atomic E-state index is 0.0134. The summed E-state index contributed by atoms with van der Waals surface area (Å²) in [6.45, 7) is 7.60. The van der Waals surface area contributed by atoms with Gasteiger partial charge in [0.05, 0.1) is 43.2 Å². The summed E-state index contributed by atoms with van der Waals surface area (Å²) in [5, 5.41) is 22.4. The third-order valence-corrected chi connectivity index (χ3v) is 8.63. The molecule has 6 rings (SSSR count). The minimum Gasteiger partial charge on any atom is -0.504 e. The smallest absolute Gasteiger partial charge is 0.178 e. The van der Waals surface area contributed by atoms with Gasteiger partial charge in [0.1, 0.15) is 11.5 Å². The normalized spacial score (nSPS) is 51.3. The molecule has 0 aromatic carbocycles. The Hall–Kier alpha value is -1.83. The number of rotatable bonds is 1. The standard InChI is InChI=1S/C22H26O7/c1-9-10-5-6-12-21-8-29-19(11(7-28-4)16(21)25)20(2,3)14(21)13(23)18(27)22(12,15(9)24)17(10)26/h7,10,12-14,17,19,23,26H,1,5-6,8H2,2-4H3/b11-7-/t10-,12-,13-,14+,17+,19-,21-,22-/m0/s1. The molecule has 0 aromatic heterocycles. The van der Waals surface area contributed by atoms with Crippen LogP contribution in [0.2, 0.25) is 0 Å². The lowest BCUT2D eigenvalue weighted by Crippen LogP contribution is -2.79. The maximum atomic E-state index is 13.8. The van der Waals surface area contributed by atoms with Gasteiger partial charge in [0, 0.05) is 17.3 Å². The first-order chi connectivity index (χ1) is 13.6. The predicted molar refractivity (Wildman–Crippen MR) is 99.4 cm³/mol. The summed E-state index contributed by atoms with van der Waals surface area (Å²) < 4.78 is 11.3. The van der Waals surface area contributed by atoms with Crippen molar-refractivity contribution in [1.29, 1.82) is 0 Å². The lowest BCUT2D eigenvalue weighted by Gasteiger charge is -2.68. The molecule has 0 amide bonds. The molecule has 0 radical (unpaired) electrons. The van der Waals surface area contributed by atoms with Crippen LogP contribution in [0, 0.1) is 34.0 Å². The highest BCUT2D eigenvalue weighted by molar-refractivity contribution is 6.21. The van der Waals surface area contributed by atoms with Crippen LogP contribution in [0.5, 0.6) is 0 Å². The van der Waals surface area contributed by atoms with E-state index >= 15 is 0 Å². The van der Waals surface area contributed by atoms with E-state index in [1.807, 2.05) is 13.8 Å². The van der Waals surface area contributed by atoms with Gasteiger partial charge in [-0.1, -0.05) is 20.4 Å². The van der Waals surface area contributed by atoms with E-state index in [9.17, 15) is 24.6 Å². The zero-order valence-corrected chi connectivity index (χ0v) is 16.8. The second-order valence-corrected chi connectivity index (χ2v) is 9.88. The molecule has 7 heteroatoms. The third-order valence-electron chi connectivity index (χ3n) is 8.63. The monoisotopic (exact) mass is 402 g/mol. The van der Waals surface area contributed by atoms with Gasteiger partial charge in [-0.2, -0.15) is 0 Å². The highest BCUT2D eigenvalue weighted by Crippen LogP contribution is 2.71. The van der Waals surface area contributed by atoms with Gasteiger partial charge >= 0.3 is 0 Å². The number of ether oxygens (including phenoxy) is 2. The molecule has 2 saturated heterocycles. The Bertz CT molecular complexity index is 901. The van der Waals surface area contributed by atoms with Crippen molar-refractivity contribution < 1.29 is 34.1 Å².